The van der Waals surface area contributed by atoms with E-state index >= 15 is 0 Å². The van der Waals surface area contributed by atoms with Gasteiger partial charge in [-0.1, -0.05) is 11.6 Å². The summed E-state index contributed by atoms with van der Waals surface area (Å²) in [5.74, 6) is -0.589. The Morgan fingerprint density at radius 1 is 1.71 bits per heavy atom. The van der Waals surface area contributed by atoms with E-state index in [9.17, 15) is 4.79 Å². The second-order valence-corrected chi connectivity index (χ2v) is 2.94. The van der Waals surface area contributed by atoms with E-state index in [-0.39, 0.29) is 16.3 Å². The molecule has 0 bridgehead atoms. The van der Waals surface area contributed by atoms with Gasteiger partial charge >= 0.3 is 5.97 Å². The summed E-state index contributed by atoms with van der Waals surface area (Å²) in [5.41, 5.74) is 0.756. The molecular weight excluding hydrogens is 204 g/mol. The molecular formula is C9H7ClN2O2. The van der Waals surface area contributed by atoms with Crippen molar-refractivity contribution < 1.29 is 9.53 Å². The van der Waals surface area contributed by atoms with E-state index in [1.807, 2.05) is 6.07 Å². The van der Waals surface area contributed by atoms with E-state index in [1.54, 1.807) is 6.92 Å². The first-order chi connectivity index (χ1) is 6.60. The van der Waals surface area contributed by atoms with Gasteiger partial charge in [0.1, 0.15) is 16.8 Å². The van der Waals surface area contributed by atoms with E-state index < -0.39 is 5.97 Å². The maximum atomic E-state index is 11.2. The van der Waals surface area contributed by atoms with Crippen LogP contribution in [0.1, 0.15) is 21.6 Å². The fourth-order valence-electron chi connectivity index (χ4n) is 1.01. The Morgan fingerprint density at radius 2 is 2.36 bits per heavy atom. The number of aryl methyl sites for hydroxylation is 1. The van der Waals surface area contributed by atoms with Crippen LogP contribution in [0, 0.1) is 18.3 Å². The average Bonchev–Trinajstić information content (AvgIpc) is 2.15. The molecule has 1 heterocycles. The molecule has 0 atom stereocenters. The van der Waals surface area contributed by atoms with Crippen LogP contribution >= 0.6 is 11.6 Å². The zero-order valence-electron chi connectivity index (χ0n) is 7.67. The minimum atomic E-state index is -0.589. The first kappa shape index (κ1) is 10.5. The molecule has 0 saturated heterocycles. The molecule has 0 spiro atoms. The molecule has 0 N–H and O–H groups in total. The minimum absolute atomic E-state index is 0.0212. The number of hydrogen-bond acceptors (Lipinski definition) is 4. The Labute approximate surface area is 86.1 Å². The highest BCUT2D eigenvalue weighted by Gasteiger charge is 2.16. The van der Waals surface area contributed by atoms with Crippen LogP contribution in [0.25, 0.3) is 0 Å². The number of hydrogen-bond donors (Lipinski definition) is 0. The maximum Gasteiger partial charge on any atom is 0.339 e. The fraction of sp³-hybridized carbons (Fsp3) is 0.222. The van der Waals surface area contributed by atoms with Crippen LogP contribution in [-0.2, 0) is 4.74 Å². The van der Waals surface area contributed by atoms with Gasteiger partial charge in [0.15, 0.2) is 0 Å². The van der Waals surface area contributed by atoms with Crippen molar-refractivity contribution in [3.8, 4) is 6.07 Å². The number of pyridine rings is 1. The maximum absolute atomic E-state index is 11.2. The van der Waals surface area contributed by atoms with E-state index in [4.69, 9.17) is 16.9 Å². The van der Waals surface area contributed by atoms with E-state index in [1.165, 1.54) is 13.2 Å². The zero-order chi connectivity index (χ0) is 10.7. The Hall–Kier alpha value is -1.60. The lowest BCUT2D eigenvalue weighted by Crippen LogP contribution is -2.06. The summed E-state index contributed by atoms with van der Waals surface area (Å²) >= 11 is 5.69. The van der Waals surface area contributed by atoms with Gasteiger partial charge in [-0.25, -0.2) is 9.78 Å². The highest BCUT2D eigenvalue weighted by molar-refractivity contribution is 6.31. The molecule has 0 aliphatic rings. The second-order valence-electron chi connectivity index (χ2n) is 2.58. The number of carbonyl (C=O) groups excluding carboxylic acids is 1. The van der Waals surface area contributed by atoms with Crippen LogP contribution in [-0.4, -0.2) is 18.1 Å². The Kier molecular flexibility index (Phi) is 3.05. The third-order valence-corrected chi connectivity index (χ3v) is 1.89. The summed E-state index contributed by atoms with van der Waals surface area (Å²) in [5, 5.41) is 8.77. The number of nitriles is 1. The van der Waals surface area contributed by atoms with Gasteiger partial charge in [-0.2, -0.15) is 5.26 Å². The van der Waals surface area contributed by atoms with Gasteiger partial charge in [-0.3, -0.25) is 0 Å². The van der Waals surface area contributed by atoms with Crippen molar-refractivity contribution in [3.05, 3.63) is 28.0 Å². The number of esters is 1. The van der Waals surface area contributed by atoms with E-state index in [0.29, 0.717) is 5.69 Å². The molecule has 14 heavy (non-hydrogen) atoms. The number of carbonyl (C=O) groups is 1. The molecule has 0 unspecified atom stereocenters. The predicted molar refractivity (Wildman–Crippen MR) is 50.0 cm³/mol. The van der Waals surface area contributed by atoms with Crippen molar-refractivity contribution in [2.75, 3.05) is 7.11 Å². The summed E-state index contributed by atoms with van der Waals surface area (Å²) < 4.78 is 4.51. The minimum Gasteiger partial charge on any atom is -0.465 e. The molecule has 0 saturated carbocycles. The smallest absolute Gasteiger partial charge is 0.339 e. The lowest BCUT2D eigenvalue weighted by atomic mass is 10.1. The summed E-state index contributed by atoms with van der Waals surface area (Å²) in [7, 11) is 1.24. The molecule has 0 radical (unpaired) electrons. The van der Waals surface area contributed by atoms with Crippen LogP contribution in [0.15, 0.2) is 6.07 Å². The van der Waals surface area contributed by atoms with Crippen molar-refractivity contribution in [3.63, 3.8) is 0 Å². The first-order valence-electron chi connectivity index (χ1n) is 3.75. The third-order valence-electron chi connectivity index (χ3n) is 1.62. The highest BCUT2D eigenvalue weighted by atomic mass is 35.5. The lowest BCUT2D eigenvalue weighted by Gasteiger charge is -2.03. The summed E-state index contributed by atoms with van der Waals surface area (Å²) in [6.07, 6.45) is 0. The van der Waals surface area contributed by atoms with Gasteiger partial charge in [0.05, 0.1) is 12.7 Å². The van der Waals surface area contributed by atoms with Gasteiger partial charge in [0, 0.05) is 5.69 Å². The normalized spacial score (nSPS) is 9.29. The molecule has 1 aromatic rings. The topological polar surface area (TPSA) is 63.0 Å². The molecule has 5 heteroatoms. The van der Waals surface area contributed by atoms with Crippen LogP contribution < -0.4 is 0 Å². The van der Waals surface area contributed by atoms with Gasteiger partial charge in [0.25, 0.3) is 0 Å². The van der Waals surface area contributed by atoms with Crippen LogP contribution in [0.5, 0.6) is 0 Å². The Balaban J connectivity index is 3.41. The molecule has 0 aliphatic heterocycles. The summed E-state index contributed by atoms with van der Waals surface area (Å²) in [4.78, 5) is 15.1. The van der Waals surface area contributed by atoms with Crippen molar-refractivity contribution >= 4 is 17.6 Å². The van der Waals surface area contributed by atoms with Crippen LogP contribution in [0.3, 0.4) is 0 Å². The van der Waals surface area contributed by atoms with E-state index in [0.717, 1.165) is 0 Å². The quantitative estimate of drug-likeness (QED) is 0.523. The molecule has 0 amide bonds. The largest absolute Gasteiger partial charge is 0.465 e. The second kappa shape index (κ2) is 4.07. The molecule has 72 valence electrons. The zero-order valence-corrected chi connectivity index (χ0v) is 8.42. The molecule has 0 aliphatic carbocycles. The number of rotatable bonds is 1. The Morgan fingerprint density at radius 3 is 2.86 bits per heavy atom. The van der Waals surface area contributed by atoms with E-state index in [2.05, 4.69) is 9.72 Å². The van der Waals surface area contributed by atoms with Crippen molar-refractivity contribution in [2.45, 2.75) is 6.92 Å². The highest BCUT2D eigenvalue weighted by Crippen LogP contribution is 2.18. The average molecular weight is 211 g/mol. The molecule has 0 aromatic carbocycles. The lowest BCUT2D eigenvalue weighted by molar-refractivity contribution is 0.0600. The molecule has 4 nitrogen and oxygen atoms in total. The first-order valence-corrected chi connectivity index (χ1v) is 4.13. The van der Waals surface area contributed by atoms with Crippen molar-refractivity contribution in [2.24, 2.45) is 0 Å². The van der Waals surface area contributed by atoms with Gasteiger partial charge < -0.3 is 4.74 Å². The predicted octanol–water partition coefficient (Wildman–Crippen LogP) is 1.70. The number of ether oxygens (including phenoxy) is 1. The number of aromatic nitrogens is 1. The number of nitrogens with zero attached hydrogens (tertiary/aromatic N) is 2. The third kappa shape index (κ3) is 1.83. The number of halogens is 1. The SMILES string of the molecule is COC(=O)c1cc(C)nc(Cl)c1C#N. The van der Waals surface area contributed by atoms with Gasteiger partial charge in [-0.05, 0) is 13.0 Å². The van der Waals surface area contributed by atoms with Crippen molar-refractivity contribution in [1.29, 1.82) is 5.26 Å². The standard InChI is InChI=1S/C9H7ClN2O2/c1-5-3-6(9(13)14-2)7(4-11)8(10)12-5/h3H,1-2H3. The molecule has 0 fully saturated rings. The summed E-state index contributed by atoms with van der Waals surface area (Å²) in [6.45, 7) is 1.68. The Bertz CT molecular complexity index is 424. The van der Waals surface area contributed by atoms with Gasteiger partial charge in [-0.15, -0.1) is 0 Å². The van der Waals surface area contributed by atoms with Crippen molar-refractivity contribution in [1.82, 2.24) is 4.98 Å². The van der Waals surface area contributed by atoms with Gasteiger partial charge in [0.2, 0.25) is 0 Å². The fourth-order valence-corrected chi connectivity index (χ4v) is 1.29. The molecule has 1 aromatic heterocycles. The molecule has 1 rings (SSSR count). The summed E-state index contributed by atoms with van der Waals surface area (Å²) in [6, 6.07) is 3.28. The number of methoxy groups -OCH3 is 1. The van der Waals surface area contributed by atoms with Crippen LogP contribution in [0.4, 0.5) is 0 Å². The van der Waals surface area contributed by atoms with Crippen LogP contribution in [0.2, 0.25) is 5.15 Å². The monoisotopic (exact) mass is 210 g/mol.